The molecule has 1 aromatic carbocycles. The Morgan fingerprint density at radius 2 is 2.03 bits per heavy atom. The van der Waals surface area contributed by atoms with Crippen LogP contribution in [0.5, 0.6) is 17.2 Å². The fourth-order valence-electron chi connectivity index (χ4n) is 3.77. The molecule has 3 aromatic rings. The van der Waals surface area contributed by atoms with Crippen molar-refractivity contribution in [1.29, 1.82) is 0 Å². The molecule has 0 amide bonds. The van der Waals surface area contributed by atoms with Gasteiger partial charge in [-0.3, -0.25) is 9.20 Å². The molecule has 0 N–H and O–H groups in total. The molecule has 1 aliphatic heterocycles. The van der Waals surface area contributed by atoms with E-state index >= 15 is 0 Å². The van der Waals surface area contributed by atoms with Crippen LogP contribution in [-0.2, 0) is 4.74 Å². The van der Waals surface area contributed by atoms with Crippen molar-refractivity contribution in [2.24, 2.45) is 5.92 Å². The third-order valence-electron chi connectivity index (χ3n) is 5.64. The molecule has 0 atom stereocenters. The van der Waals surface area contributed by atoms with E-state index in [2.05, 4.69) is 4.98 Å². The Morgan fingerprint density at radius 3 is 2.69 bits per heavy atom. The maximum atomic E-state index is 13.2. The van der Waals surface area contributed by atoms with Gasteiger partial charge in [-0.2, -0.15) is 8.78 Å². The Hall–Kier alpha value is -3.20. The predicted octanol–water partition coefficient (Wildman–Crippen LogP) is 4.37. The second kappa shape index (κ2) is 8.38. The summed E-state index contributed by atoms with van der Waals surface area (Å²) in [4.78, 5) is 17.2. The second-order valence-electron chi connectivity index (χ2n) is 8.01. The van der Waals surface area contributed by atoms with Crippen LogP contribution in [0.3, 0.4) is 0 Å². The van der Waals surface area contributed by atoms with Gasteiger partial charge in [0.25, 0.3) is 0 Å². The summed E-state index contributed by atoms with van der Waals surface area (Å²) in [6.45, 7) is -1.95. The summed E-state index contributed by atoms with van der Waals surface area (Å²) in [6, 6.07) is 6.69. The highest BCUT2D eigenvalue weighted by atomic mass is 19.3. The Kier molecular flexibility index (Phi) is 5.42. The third kappa shape index (κ3) is 4.12. The summed E-state index contributed by atoms with van der Waals surface area (Å²) in [5.74, 6) is 0.714. The van der Waals surface area contributed by atoms with Crippen molar-refractivity contribution in [3.63, 3.8) is 0 Å². The molecule has 0 unspecified atom stereocenters. The number of imidazole rings is 1. The molecule has 2 aliphatic rings. The number of benzene rings is 1. The van der Waals surface area contributed by atoms with Crippen LogP contribution >= 0.6 is 0 Å². The number of methoxy groups -OCH3 is 1. The molecule has 3 heterocycles. The normalized spacial score (nSPS) is 16.2. The zero-order chi connectivity index (χ0) is 22.2. The van der Waals surface area contributed by atoms with Gasteiger partial charge in [0.15, 0.2) is 5.78 Å². The smallest absolute Gasteiger partial charge is 0.387 e. The zero-order valence-corrected chi connectivity index (χ0v) is 17.4. The largest absolute Gasteiger partial charge is 0.496 e. The lowest BCUT2D eigenvalue weighted by molar-refractivity contribution is -0.0796. The molecule has 2 aromatic heterocycles. The van der Waals surface area contributed by atoms with E-state index in [4.69, 9.17) is 18.9 Å². The van der Waals surface area contributed by atoms with Crippen molar-refractivity contribution >= 4 is 11.4 Å². The number of rotatable bonds is 9. The van der Waals surface area contributed by atoms with E-state index in [1.165, 1.54) is 13.2 Å². The van der Waals surface area contributed by atoms with Gasteiger partial charge in [-0.25, -0.2) is 4.98 Å². The summed E-state index contributed by atoms with van der Waals surface area (Å²) in [5, 5.41) is 0. The van der Waals surface area contributed by atoms with Gasteiger partial charge in [0.1, 0.15) is 34.6 Å². The molecule has 1 saturated heterocycles. The number of nitrogens with zero attached hydrogens (tertiary/aromatic N) is 2. The first kappa shape index (κ1) is 20.7. The molecule has 0 bridgehead atoms. The first-order valence-corrected chi connectivity index (χ1v) is 10.4. The minimum atomic E-state index is -3.07. The number of hydrogen-bond acceptors (Lipinski definition) is 6. The van der Waals surface area contributed by atoms with E-state index in [0.29, 0.717) is 48.2 Å². The number of ketones is 1. The van der Waals surface area contributed by atoms with Crippen LogP contribution in [0.15, 0.2) is 36.7 Å². The van der Waals surface area contributed by atoms with E-state index in [9.17, 15) is 13.6 Å². The minimum absolute atomic E-state index is 0.0333. The molecular formula is C23H22F2N2O5. The average Bonchev–Trinajstić information content (AvgIpc) is 3.44. The van der Waals surface area contributed by atoms with Gasteiger partial charge in [-0.1, -0.05) is 0 Å². The molecule has 0 spiro atoms. The second-order valence-corrected chi connectivity index (χ2v) is 8.01. The quantitative estimate of drug-likeness (QED) is 0.457. The summed E-state index contributed by atoms with van der Waals surface area (Å²) >= 11 is 0. The Balaban J connectivity index is 1.53. The van der Waals surface area contributed by atoms with Crippen molar-refractivity contribution in [2.75, 3.05) is 20.3 Å². The number of aromatic nitrogens is 2. The molecule has 0 radical (unpaired) electrons. The molecule has 7 nitrogen and oxygen atoms in total. The fraction of sp³-hybridized carbons (Fsp3) is 0.391. The third-order valence-corrected chi connectivity index (χ3v) is 5.64. The van der Waals surface area contributed by atoms with E-state index < -0.39 is 6.61 Å². The molecule has 2 fully saturated rings. The summed E-state index contributed by atoms with van der Waals surface area (Å²) < 4.78 is 49.2. The first-order chi connectivity index (χ1) is 15.5. The number of Topliss-reactive ketones (excluding diaryl/α,β-unsaturated/α-hetero) is 1. The monoisotopic (exact) mass is 444 g/mol. The number of ether oxygens (including phenoxy) is 4. The van der Waals surface area contributed by atoms with Crippen LogP contribution in [0.2, 0.25) is 0 Å². The van der Waals surface area contributed by atoms with Gasteiger partial charge in [0.05, 0.1) is 32.2 Å². The highest BCUT2D eigenvalue weighted by Crippen LogP contribution is 2.40. The Labute approximate surface area is 182 Å². The molecule has 32 heavy (non-hydrogen) atoms. The Bertz CT molecular complexity index is 1150. The van der Waals surface area contributed by atoms with Gasteiger partial charge in [-0.05, 0) is 37.0 Å². The summed E-state index contributed by atoms with van der Waals surface area (Å²) in [7, 11) is 1.40. The molecule has 168 valence electrons. The fourth-order valence-corrected chi connectivity index (χ4v) is 3.77. The first-order valence-electron chi connectivity index (χ1n) is 10.4. The van der Waals surface area contributed by atoms with Crippen molar-refractivity contribution in [3.8, 4) is 28.5 Å². The summed E-state index contributed by atoms with van der Waals surface area (Å²) in [6.07, 6.45) is 5.68. The maximum absolute atomic E-state index is 13.2. The topological polar surface area (TPSA) is 71.3 Å². The number of carbonyl (C=O) groups excluding carboxylic acids is 1. The predicted molar refractivity (Wildman–Crippen MR) is 111 cm³/mol. The molecule has 1 saturated carbocycles. The molecular weight excluding hydrogens is 422 g/mol. The van der Waals surface area contributed by atoms with E-state index in [1.807, 2.05) is 0 Å². The van der Waals surface area contributed by atoms with Crippen LogP contribution < -0.4 is 14.2 Å². The number of alkyl halides is 2. The highest BCUT2D eigenvalue weighted by Gasteiger charge is 2.30. The van der Waals surface area contributed by atoms with Crippen molar-refractivity contribution in [2.45, 2.75) is 32.0 Å². The average molecular weight is 444 g/mol. The van der Waals surface area contributed by atoms with E-state index in [0.717, 1.165) is 12.8 Å². The van der Waals surface area contributed by atoms with Crippen molar-refractivity contribution in [1.82, 2.24) is 9.38 Å². The van der Waals surface area contributed by atoms with Crippen LogP contribution in [0.4, 0.5) is 8.78 Å². The lowest BCUT2D eigenvalue weighted by Crippen LogP contribution is -2.38. The molecule has 9 heteroatoms. The van der Waals surface area contributed by atoms with Gasteiger partial charge in [0, 0.05) is 24.2 Å². The highest BCUT2D eigenvalue weighted by molar-refractivity contribution is 6.02. The number of carbonyl (C=O) groups is 1. The minimum Gasteiger partial charge on any atom is -0.496 e. The van der Waals surface area contributed by atoms with E-state index in [1.54, 1.807) is 35.0 Å². The van der Waals surface area contributed by atoms with Crippen molar-refractivity contribution < 1.29 is 32.5 Å². The Morgan fingerprint density at radius 1 is 1.25 bits per heavy atom. The zero-order valence-electron chi connectivity index (χ0n) is 17.4. The maximum Gasteiger partial charge on any atom is 0.387 e. The summed E-state index contributed by atoms with van der Waals surface area (Å²) in [5.41, 5.74) is 1.85. The van der Waals surface area contributed by atoms with Crippen LogP contribution in [0.25, 0.3) is 16.9 Å². The number of hydrogen-bond donors (Lipinski definition) is 0. The molecule has 1 aliphatic carbocycles. The SMILES string of the molecule is COc1cc(-c2cnc3cc(OC4COC4)ccn23)cc(OC(F)F)c1C(=O)CC1CC1. The lowest BCUT2D eigenvalue weighted by Gasteiger charge is -2.26. The van der Waals surface area contributed by atoms with Gasteiger partial charge >= 0.3 is 6.61 Å². The number of halogens is 2. The van der Waals surface area contributed by atoms with Gasteiger partial charge in [-0.15, -0.1) is 0 Å². The van der Waals surface area contributed by atoms with Crippen LogP contribution in [-0.4, -0.2) is 48.2 Å². The number of pyridine rings is 1. The van der Waals surface area contributed by atoms with Gasteiger partial charge < -0.3 is 18.9 Å². The lowest BCUT2D eigenvalue weighted by atomic mass is 10.00. The van der Waals surface area contributed by atoms with Gasteiger partial charge in [0.2, 0.25) is 0 Å². The van der Waals surface area contributed by atoms with Crippen LogP contribution in [0, 0.1) is 5.92 Å². The van der Waals surface area contributed by atoms with Crippen LogP contribution in [0.1, 0.15) is 29.6 Å². The number of fused-ring (bicyclic) bond motifs is 1. The van der Waals surface area contributed by atoms with Crippen molar-refractivity contribution in [3.05, 3.63) is 42.2 Å². The standard InChI is InChI=1S/C23H22F2N2O5/c1-29-19-7-14(8-20(32-23(24)25)22(19)18(28)6-13-2-3-13)17-10-26-21-9-15(4-5-27(17)21)31-16-11-30-12-16/h4-5,7-10,13,16,23H,2-3,6,11-12H2,1H3. The molecule has 5 rings (SSSR count). The van der Waals surface area contributed by atoms with E-state index in [-0.39, 0.29) is 28.9 Å².